The summed E-state index contributed by atoms with van der Waals surface area (Å²) in [5.41, 5.74) is 0.616. The van der Waals surface area contributed by atoms with Gasteiger partial charge in [-0.15, -0.1) is 0 Å². The van der Waals surface area contributed by atoms with Crippen molar-refractivity contribution in [2.45, 2.75) is 26.2 Å². The number of halogens is 3. The van der Waals surface area contributed by atoms with E-state index >= 15 is 0 Å². The summed E-state index contributed by atoms with van der Waals surface area (Å²) in [6, 6.07) is 14.2. The molecule has 0 aliphatic rings. The van der Waals surface area contributed by atoms with E-state index in [4.69, 9.17) is 26.1 Å². The Balaban J connectivity index is 1.71. The third-order valence-corrected chi connectivity index (χ3v) is 6.67. The summed E-state index contributed by atoms with van der Waals surface area (Å²) in [6.07, 6.45) is 2.14. The zero-order chi connectivity index (χ0) is 28.1. The molecule has 0 aliphatic carbocycles. The van der Waals surface area contributed by atoms with Crippen molar-refractivity contribution in [1.82, 2.24) is 9.66 Å². The number of para-hydroxylation sites is 1. The second-order valence-electron chi connectivity index (χ2n) is 8.65. The molecule has 39 heavy (non-hydrogen) atoms. The first-order valence-electron chi connectivity index (χ1n) is 12.0. The standard InChI is InChI=1S/C28H25BrClFN4O4/c1-4-16(2)27-34-22-10-9-18(29)12-20(22)28(37)35(27)32-14-17-11-19(30)13-24(38-3)26(17)39-15-25(36)33-23-8-6-5-7-21(23)31/h5-14,16H,4,15H2,1-3H3,(H,33,36)/t16-/m1/s1. The molecule has 3 aromatic carbocycles. The third kappa shape index (κ3) is 6.46. The van der Waals surface area contributed by atoms with Gasteiger partial charge in [-0.1, -0.05) is 53.5 Å². The minimum Gasteiger partial charge on any atom is -0.493 e. The van der Waals surface area contributed by atoms with E-state index in [0.717, 1.165) is 10.9 Å². The maximum absolute atomic E-state index is 13.9. The predicted molar refractivity (Wildman–Crippen MR) is 154 cm³/mol. The first kappa shape index (κ1) is 28.3. The van der Waals surface area contributed by atoms with Gasteiger partial charge >= 0.3 is 0 Å². The Morgan fingerprint density at radius 3 is 2.74 bits per heavy atom. The molecule has 1 atom stereocenters. The number of anilines is 1. The van der Waals surface area contributed by atoms with Gasteiger partial charge in [0.1, 0.15) is 11.6 Å². The van der Waals surface area contributed by atoms with Crippen LogP contribution in [0.2, 0.25) is 5.02 Å². The van der Waals surface area contributed by atoms with Crippen molar-refractivity contribution >= 4 is 56.2 Å². The molecule has 0 bridgehead atoms. The third-order valence-electron chi connectivity index (χ3n) is 5.96. The highest BCUT2D eigenvalue weighted by atomic mass is 79.9. The number of methoxy groups -OCH3 is 1. The molecule has 1 N–H and O–H groups in total. The molecule has 4 rings (SSSR count). The molecule has 202 valence electrons. The van der Waals surface area contributed by atoms with E-state index in [9.17, 15) is 14.0 Å². The maximum atomic E-state index is 13.9. The highest BCUT2D eigenvalue weighted by Crippen LogP contribution is 2.34. The Bertz CT molecular complexity index is 1630. The van der Waals surface area contributed by atoms with Crippen LogP contribution < -0.4 is 20.3 Å². The Kier molecular flexibility index (Phi) is 8.98. The van der Waals surface area contributed by atoms with Crippen molar-refractivity contribution in [2.24, 2.45) is 5.10 Å². The Morgan fingerprint density at radius 1 is 1.26 bits per heavy atom. The largest absolute Gasteiger partial charge is 0.493 e. The minimum atomic E-state index is -0.584. The second-order valence-corrected chi connectivity index (χ2v) is 10.00. The van der Waals surface area contributed by atoms with Crippen LogP contribution >= 0.6 is 27.5 Å². The van der Waals surface area contributed by atoms with Gasteiger partial charge in [-0.25, -0.2) is 9.37 Å². The van der Waals surface area contributed by atoms with E-state index in [1.54, 1.807) is 24.3 Å². The lowest BCUT2D eigenvalue weighted by Gasteiger charge is -2.15. The van der Waals surface area contributed by atoms with Gasteiger partial charge in [-0.2, -0.15) is 9.78 Å². The van der Waals surface area contributed by atoms with Gasteiger partial charge in [0.15, 0.2) is 18.1 Å². The molecular weight excluding hydrogens is 591 g/mol. The predicted octanol–water partition coefficient (Wildman–Crippen LogP) is 6.37. The summed E-state index contributed by atoms with van der Waals surface area (Å²) in [6.45, 7) is 3.51. The summed E-state index contributed by atoms with van der Waals surface area (Å²) in [5, 5.41) is 7.66. The summed E-state index contributed by atoms with van der Waals surface area (Å²) < 4.78 is 27.1. The Hall–Kier alpha value is -3.76. The van der Waals surface area contributed by atoms with Crippen LogP contribution in [0.25, 0.3) is 10.9 Å². The smallest absolute Gasteiger partial charge is 0.282 e. The summed E-state index contributed by atoms with van der Waals surface area (Å²) in [7, 11) is 1.43. The number of aromatic nitrogens is 2. The first-order chi connectivity index (χ1) is 18.7. The van der Waals surface area contributed by atoms with E-state index in [0.29, 0.717) is 27.3 Å². The molecule has 0 unspecified atom stereocenters. The highest BCUT2D eigenvalue weighted by Gasteiger charge is 2.18. The molecular formula is C28H25BrClFN4O4. The molecule has 0 aliphatic heterocycles. The van der Waals surface area contributed by atoms with Gasteiger partial charge in [0.05, 0.1) is 29.9 Å². The molecule has 0 saturated carbocycles. The molecule has 8 nitrogen and oxygen atoms in total. The van der Waals surface area contributed by atoms with Crippen LogP contribution in [0.15, 0.2) is 69.0 Å². The zero-order valence-electron chi connectivity index (χ0n) is 21.4. The number of rotatable bonds is 9. The second kappa shape index (κ2) is 12.4. The van der Waals surface area contributed by atoms with E-state index in [2.05, 4.69) is 26.3 Å². The molecule has 1 aromatic heterocycles. The summed E-state index contributed by atoms with van der Waals surface area (Å²) in [4.78, 5) is 30.6. The number of nitrogens with zero attached hydrogens (tertiary/aromatic N) is 3. The number of amides is 1. The number of ether oxygens (including phenoxy) is 2. The van der Waals surface area contributed by atoms with Crippen molar-refractivity contribution in [3.05, 3.63) is 91.7 Å². The van der Waals surface area contributed by atoms with Crippen LogP contribution in [-0.4, -0.2) is 35.5 Å². The Morgan fingerprint density at radius 2 is 2.03 bits per heavy atom. The van der Waals surface area contributed by atoms with Crippen molar-refractivity contribution in [3.8, 4) is 11.5 Å². The Labute approximate surface area is 237 Å². The lowest BCUT2D eigenvalue weighted by atomic mass is 10.1. The van der Waals surface area contributed by atoms with Gasteiger partial charge in [-0.05, 0) is 42.8 Å². The van der Waals surface area contributed by atoms with Crippen LogP contribution in [0.5, 0.6) is 11.5 Å². The number of carbonyl (C=O) groups excluding carboxylic acids is 1. The fraction of sp³-hybridized carbons (Fsp3) is 0.214. The van der Waals surface area contributed by atoms with E-state index in [1.807, 2.05) is 19.9 Å². The minimum absolute atomic E-state index is 0.0309. The van der Waals surface area contributed by atoms with Crippen LogP contribution in [0.3, 0.4) is 0 Å². The van der Waals surface area contributed by atoms with Gasteiger partial charge in [-0.3, -0.25) is 9.59 Å². The van der Waals surface area contributed by atoms with Crippen molar-refractivity contribution in [3.63, 3.8) is 0 Å². The molecule has 4 aromatic rings. The summed E-state index contributed by atoms with van der Waals surface area (Å²) >= 11 is 9.70. The van der Waals surface area contributed by atoms with Crippen molar-refractivity contribution in [1.29, 1.82) is 0 Å². The topological polar surface area (TPSA) is 94.8 Å². The van der Waals surface area contributed by atoms with Crippen molar-refractivity contribution in [2.75, 3.05) is 19.0 Å². The van der Waals surface area contributed by atoms with Crippen LogP contribution in [0.4, 0.5) is 10.1 Å². The zero-order valence-corrected chi connectivity index (χ0v) is 23.7. The molecule has 1 amide bonds. The van der Waals surface area contributed by atoms with Gasteiger partial charge in [0.25, 0.3) is 11.5 Å². The monoisotopic (exact) mass is 614 g/mol. The molecule has 0 spiro atoms. The van der Waals surface area contributed by atoms with E-state index < -0.39 is 18.3 Å². The SMILES string of the molecule is CC[C@@H](C)c1nc2ccc(Br)cc2c(=O)n1N=Cc1cc(Cl)cc(OC)c1OCC(=O)Nc1ccccc1F. The highest BCUT2D eigenvalue weighted by molar-refractivity contribution is 9.10. The average Bonchev–Trinajstić information content (AvgIpc) is 2.92. The van der Waals surface area contributed by atoms with Gasteiger partial charge in [0.2, 0.25) is 0 Å². The van der Waals surface area contributed by atoms with Crippen molar-refractivity contribution < 1.29 is 18.7 Å². The fourth-order valence-corrected chi connectivity index (χ4v) is 4.35. The lowest BCUT2D eigenvalue weighted by Crippen LogP contribution is -2.24. The number of fused-ring (bicyclic) bond motifs is 1. The van der Waals surface area contributed by atoms with Crippen LogP contribution in [-0.2, 0) is 4.79 Å². The number of benzene rings is 3. The number of hydrogen-bond donors (Lipinski definition) is 1. The quantitative estimate of drug-likeness (QED) is 0.221. The molecule has 0 fully saturated rings. The summed E-state index contributed by atoms with van der Waals surface area (Å²) in [5.74, 6) is -0.300. The van der Waals surface area contributed by atoms with Crippen LogP contribution in [0.1, 0.15) is 37.6 Å². The van der Waals surface area contributed by atoms with Gasteiger partial charge in [0, 0.05) is 27.0 Å². The molecule has 1 heterocycles. The number of nitrogens with one attached hydrogen (secondary N) is 1. The normalized spacial score (nSPS) is 12.1. The number of carbonyl (C=O) groups is 1. The first-order valence-corrected chi connectivity index (χ1v) is 13.2. The van der Waals surface area contributed by atoms with Crippen LogP contribution in [0, 0.1) is 5.82 Å². The molecule has 11 heteroatoms. The van der Waals surface area contributed by atoms with E-state index in [1.165, 1.54) is 42.3 Å². The lowest BCUT2D eigenvalue weighted by molar-refractivity contribution is -0.118. The van der Waals surface area contributed by atoms with E-state index in [-0.39, 0.29) is 28.7 Å². The molecule has 0 radical (unpaired) electrons. The van der Waals surface area contributed by atoms with Gasteiger partial charge < -0.3 is 14.8 Å². The maximum Gasteiger partial charge on any atom is 0.282 e. The average molecular weight is 616 g/mol. The number of hydrogen-bond acceptors (Lipinski definition) is 6. The molecule has 0 saturated heterocycles. The fourth-order valence-electron chi connectivity index (χ4n) is 3.78.